The van der Waals surface area contributed by atoms with E-state index in [-0.39, 0.29) is 60.7 Å². The van der Waals surface area contributed by atoms with Crippen LogP contribution >= 0.6 is 0 Å². The zero-order valence-electron chi connectivity index (χ0n) is 40.2. The molecule has 0 aromatic carbocycles. The molecule has 0 unspecified atom stereocenters. The summed E-state index contributed by atoms with van der Waals surface area (Å²) in [5.41, 5.74) is 1.39. The number of nitrogens with zero attached hydrogens (tertiary/aromatic N) is 1. The van der Waals surface area contributed by atoms with E-state index in [4.69, 9.17) is 18.9 Å². The number of aliphatic hydroxyl groups excluding tert-OH is 2. The smallest absolute Gasteiger partial charge is 0.329 e. The number of carbonyl (C=O) groups excluding carboxylic acids is 5. The Hall–Kier alpha value is -3.33. The number of hydrogen-bond donors (Lipinski definition) is 3. The molecule has 3 heterocycles. The number of hydrogen-bond acceptors (Lipinski definition) is 12. The molecule has 15 atom stereocenters. The Labute approximate surface area is 382 Å². The number of piperidine rings is 1. The minimum atomic E-state index is -2.42. The van der Waals surface area contributed by atoms with Crippen molar-refractivity contribution < 1.29 is 58.2 Å². The van der Waals surface area contributed by atoms with Crippen molar-refractivity contribution in [1.82, 2.24) is 4.90 Å². The topological polar surface area (TPSA) is 186 Å². The van der Waals surface area contributed by atoms with Gasteiger partial charge in [0, 0.05) is 57.3 Å². The van der Waals surface area contributed by atoms with Gasteiger partial charge in [0.1, 0.15) is 23.7 Å². The van der Waals surface area contributed by atoms with Crippen LogP contribution in [0, 0.1) is 41.4 Å². The molecule has 3 aliphatic heterocycles. The first-order valence-corrected chi connectivity index (χ1v) is 23.9. The number of allylic oxidation sites excluding steroid dienone is 6. The molecule has 1 saturated carbocycles. The average molecular weight is 898 g/mol. The van der Waals surface area contributed by atoms with Crippen LogP contribution < -0.4 is 0 Å². The summed E-state index contributed by atoms with van der Waals surface area (Å²) in [7, 11) is 3.15. The second kappa shape index (κ2) is 24.4. The summed E-state index contributed by atoms with van der Waals surface area (Å²) in [5.74, 6) is -8.13. The van der Waals surface area contributed by atoms with Gasteiger partial charge in [-0.2, -0.15) is 0 Å². The zero-order chi connectivity index (χ0) is 47.5. The van der Waals surface area contributed by atoms with Gasteiger partial charge in [0.25, 0.3) is 11.7 Å². The third-order valence-electron chi connectivity index (χ3n) is 14.6. The minimum absolute atomic E-state index is 0.0679. The molecule has 0 spiro atoms. The fourth-order valence-corrected chi connectivity index (χ4v) is 10.2. The molecule has 0 aromatic rings. The Morgan fingerprint density at radius 3 is 2.27 bits per heavy atom. The van der Waals surface area contributed by atoms with Gasteiger partial charge < -0.3 is 39.2 Å². The van der Waals surface area contributed by atoms with Crippen molar-refractivity contribution in [3.05, 3.63) is 47.6 Å². The Bertz CT molecular complexity index is 1740. The van der Waals surface area contributed by atoms with Gasteiger partial charge in [0.15, 0.2) is 0 Å². The van der Waals surface area contributed by atoms with E-state index >= 15 is 0 Å². The van der Waals surface area contributed by atoms with Gasteiger partial charge in [-0.05, 0) is 107 Å². The van der Waals surface area contributed by atoms with Gasteiger partial charge in [-0.1, -0.05) is 78.0 Å². The van der Waals surface area contributed by atoms with Gasteiger partial charge in [-0.25, -0.2) is 4.79 Å². The van der Waals surface area contributed by atoms with Crippen molar-refractivity contribution in [3.63, 3.8) is 0 Å². The molecule has 64 heavy (non-hydrogen) atoms. The molecule has 2 bridgehead atoms. The average Bonchev–Trinajstić information content (AvgIpc) is 3.27. The van der Waals surface area contributed by atoms with E-state index in [1.165, 1.54) is 4.90 Å². The third-order valence-corrected chi connectivity index (χ3v) is 14.6. The SMILES string of the molecule is CO[C@H]1C[C@@H]2CC[C@@H](C)[C@@](O)(O2)C(=O)C(=O)N2CCCC[C@H]2C(=O)O[C@H]([C@H](C)C[C@@H]2CC[C@@H](O)[C@H](OC)C2)CC(=O)[C@H](C)/C=C(\C)[C@@H](O)[C@@H](C)C(=O)[C@H](C)C[C@H](C)/C=C/C=C/C=C/1C. The zero-order valence-corrected chi connectivity index (χ0v) is 40.2. The normalized spacial score (nSPS) is 40.9. The summed E-state index contributed by atoms with van der Waals surface area (Å²) >= 11 is 0. The van der Waals surface area contributed by atoms with Crippen LogP contribution in [-0.2, 0) is 42.9 Å². The maximum Gasteiger partial charge on any atom is 0.329 e. The Morgan fingerprint density at radius 1 is 0.859 bits per heavy atom. The highest BCUT2D eigenvalue weighted by Gasteiger charge is 2.53. The fraction of sp³-hybridized carbons (Fsp3) is 0.745. The van der Waals surface area contributed by atoms with E-state index in [1.54, 1.807) is 48.0 Å². The highest BCUT2D eigenvalue weighted by molar-refractivity contribution is 6.39. The lowest BCUT2D eigenvalue weighted by Gasteiger charge is -2.42. The van der Waals surface area contributed by atoms with Crippen molar-refractivity contribution in [3.8, 4) is 0 Å². The van der Waals surface area contributed by atoms with E-state index in [2.05, 4.69) is 0 Å². The molecule has 0 radical (unpaired) electrons. The number of ketones is 3. The lowest BCUT2D eigenvalue weighted by molar-refractivity contribution is -0.265. The monoisotopic (exact) mass is 898 g/mol. The molecule has 13 nitrogen and oxygen atoms in total. The first-order chi connectivity index (χ1) is 30.2. The summed E-state index contributed by atoms with van der Waals surface area (Å²) in [6, 6.07) is -1.13. The largest absolute Gasteiger partial charge is 0.460 e. The van der Waals surface area contributed by atoms with Gasteiger partial charge in [0.05, 0.1) is 30.5 Å². The van der Waals surface area contributed by atoms with Crippen LogP contribution in [0.25, 0.3) is 0 Å². The van der Waals surface area contributed by atoms with Crippen molar-refractivity contribution in [2.45, 2.75) is 181 Å². The molecule has 13 heteroatoms. The van der Waals surface area contributed by atoms with Crippen LogP contribution in [0.5, 0.6) is 0 Å². The number of Topliss-reactive ketones (excluding diaryl/α,β-unsaturated/α-hetero) is 3. The van der Waals surface area contributed by atoms with Gasteiger partial charge in [-0.3, -0.25) is 19.2 Å². The molecule has 4 aliphatic rings. The summed E-state index contributed by atoms with van der Waals surface area (Å²) < 4.78 is 23.8. The Morgan fingerprint density at radius 2 is 1.58 bits per heavy atom. The highest BCUT2D eigenvalue weighted by Crippen LogP contribution is 2.38. The summed E-state index contributed by atoms with van der Waals surface area (Å²) in [6.07, 6.45) is 13.0. The van der Waals surface area contributed by atoms with E-state index in [0.29, 0.717) is 63.4 Å². The van der Waals surface area contributed by atoms with Crippen molar-refractivity contribution in [2.75, 3.05) is 20.8 Å². The standard InChI is InChI=1S/C51H79NO12/c1-30-16-12-11-13-17-31(2)43(61-9)28-39-21-19-36(7)51(60,64-39)48(57)49(58)52-23-15-14-18-40(52)50(59)63-44(33(4)26-38-20-22-41(53)45(27-38)62-10)29-42(54)32(3)25-35(6)47(56)37(8)46(55)34(5)24-30/h11-13,16-17,25,30,32-34,36-41,43-45,47,53,56,60H,14-15,18-24,26-29H2,1-10H3/b13-11+,16-12+,31-17+,35-25+/t30-,32-,33-,34-,36-,37+,38+,39+,40+,41-,43+,44+,45-,47-,51-/m1/s1. The first-order valence-electron chi connectivity index (χ1n) is 23.9. The number of amides is 1. The molecular weight excluding hydrogens is 819 g/mol. The molecule has 1 amide bonds. The van der Waals surface area contributed by atoms with E-state index in [0.717, 1.165) is 12.0 Å². The number of aliphatic hydroxyl groups is 3. The second-order valence-electron chi connectivity index (χ2n) is 19.7. The van der Waals surface area contributed by atoms with Crippen molar-refractivity contribution in [1.29, 1.82) is 0 Å². The Kier molecular flexibility index (Phi) is 20.4. The number of fused-ring (bicyclic) bond motifs is 3. The molecule has 2 saturated heterocycles. The van der Waals surface area contributed by atoms with Crippen LogP contribution in [0.2, 0.25) is 0 Å². The van der Waals surface area contributed by atoms with Gasteiger partial charge >= 0.3 is 5.97 Å². The fourth-order valence-electron chi connectivity index (χ4n) is 10.2. The minimum Gasteiger partial charge on any atom is -0.460 e. The Balaban J connectivity index is 1.69. The molecule has 3 N–H and O–H groups in total. The van der Waals surface area contributed by atoms with Crippen LogP contribution in [0.4, 0.5) is 0 Å². The van der Waals surface area contributed by atoms with Crippen molar-refractivity contribution >= 4 is 29.2 Å². The maximum absolute atomic E-state index is 14.3. The summed E-state index contributed by atoms with van der Waals surface area (Å²) in [4.78, 5) is 71.6. The molecule has 1 aliphatic carbocycles. The van der Waals surface area contributed by atoms with E-state index in [9.17, 15) is 39.3 Å². The van der Waals surface area contributed by atoms with Gasteiger partial charge in [-0.15, -0.1) is 0 Å². The van der Waals surface area contributed by atoms with Crippen LogP contribution in [0.3, 0.4) is 0 Å². The number of rotatable bonds is 5. The lowest BCUT2D eigenvalue weighted by Crippen LogP contribution is -2.61. The number of cyclic esters (lactones) is 1. The van der Waals surface area contributed by atoms with E-state index in [1.807, 2.05) is 58.1 Å². The number of esters is 1. The number of methoxy groups -OCH3 is 2. The predicted molar refractivity (Wildman–Crippen MR) is 244 cm³/mol. The number of ether oxygens (including phenoxy) is 4. The van der Waals surface area contributed by atoms with Crippen molar-refractivity contribution in [2.24, 2.45) is 41.4 Å². The predicted octanol–water partition coefficient (Wildman–Crippen LogP) is 6.80. The summed E-state index contributed by atoms with van der Waals surface area (Å²) in [5, 5.41) is 33.8. The first kappa shape index (κ1) is 53.3. The molecule has 0 aromatic heterocycles. The number of carbonyl (C=O) groups is 5. The van der Waals surface area contributed by atoms with Crippen LogP contribution in [0.1, 0.15) is 132 Å². The van der Waals surface area contributed by atoms with Crippen LogP contribution in [-0.4, -0.2) is 119 Å². The third kappa shape index (κ3) is 13.9. The molecule has 3 fully saturated rings. The highest BCUT2D eigenvalue weighted by atomic mass is 16.6. The van der Waals surface area contributed by atoms with Gasteiger partial charge in [0.2, 0.25) is 5.79 Å². The molecule has 4 rings (SSSR count). The maximum atomic E-state index is 14.3. The quantitative estimate of drug-likeness (QED) is 0.149. The molecular formula is C51H79NO12. The summed E-state index contributed by atoms with van der Waals surface area (Å²) in [6.45, 7) is 14.7. The second-order valence-corrected chi connectivity index (χ2v) is 19.7. The lowest BCUT2D eigenvalue weighted by atomic mass is 9.78. The molecule has 360 valence electrons. The van der Waals surface area contributed by atoms with E-state index < -0.39 is 77.8 Å². The van der Waals surface area contributed by atoms with Crippen LogP contribution in [0.15, 0.2) is 47.6 Å².